The van der Waals surface area contributed by atoms with Gasteiger partial charge >= 0.3 is 7.12 Å². The summed E-state index contributed by atoms with van der Waals surface area (Å²) < 4.78 is 18.5. The van der Waals surface area contributed by atoms with Gasteiger partial charge in [0.15, 0.2) is 5.75 Å². The molecule has 1 aromatic rings. The van der Waals surface area contributed by atoms with Gasteiger partial charge in [-0.05, 0) is 58.8 Å². The van der Waals surface area contributed by atoms with Crippen molar-refractivity contribution in [1.82, 2.24) is 9.80 Å². The van der Waals surface area contributed by atoms with Gasteiger partial charge in [-0.25, -0.2) is 0 Å². The van der Waals surface area contributed by atoms with Gasteiger partial charge in [0.05, 0.1) is 27.8 Å². The number of nitrogens with zero attached hydrogens (tertiary/aromatic N) is 2. The Balaban J connectivity index is 1.75. The number of halogens is 1. The van der Waals surface area contributed by atoms with Gasteiger partial charge in [0, 0.05) is 19.6 Å². The average molecular weight is 407 g/mol. The van der Waals surface area contributed by atoms with E-state index in [9.17, 15) is 4.79 Å². The molecule has 3 aliphatic rings. The number of hydrogen-bond donors (Lipinski definition) is 0. The van der Waals surface area contributed by atoms with Gasteiger partial charge in [0.2, 0.25) is 0 Å². The molecule has 0 aliphatic carbocycles. The molecule has 152 valence electrons. The lowest BCUT2D eigenvalue weighted by Crippen LogP contribution is -2.55. The second kappa shape index (κ2) is 6.62. The van der Waals surface area contributed by atoms with Crippen molar-refractivity contribution in [1.29, 1.82) is 0 Å². The molecular formula is C20H28BClN2O4. The van der Waals surface area contributed by atoms with Gasteiger partial charge in [-0.1, -0.05) is 11.6 Å². The molecule has 0 N–H and O–H groups in total. The van der Waals surface area contributed by atoms with Crippen LogP contribution in [-0.4, -0.2) is 73.4 Å². The van der Waals surface area contributed by atoms with E-state index in [4.69, 9.17) is 25.6 Å². The molecule has 1 aromatic carbocycles. The zero-order chi connectivity index (χ0) is 20.4. The van der Waals surface area contributed by atoms with Crippen molar-refractivity contribution in [2.75, 3.05) is 33.3 Å². The van der Waals surface area contributed by atoms with E-state index in [1.54, 1.807) is 0 Å². The summed E-state index contributed by atoms with van der Waals surface area (Å²) in [4.78, 5) is 17.5. The van der Waals surface area contributed by atoms with Crippen LogP contribution in [-0.2, 0) is 9.31 Å². The van der Waals surface area contributed by atoms with E-state index in [1.165, 1.54) is 0 Å². The van der Waals surface area contributed by atoms with E-state index in [2.05, 4.69) is 11.9 Å². The summed E-state index contributed by atoms with van der Waals surface area (Å²) in [7, 11) is 1.49. The molecule has 0 saturated carbocycles. The minimum Gasteiger partial charge on any atom is -0.489 e. The van der Waals surface area contributed by atoms with Crippen molar-refractivity contribution < 1.29 is 18.8 Å². The summed E-state index contributed by atoms with van der Waals surface area (Å²) in [6.07, 6.45) is 0. The number of carbonyl (C=O) groups is 1. The Kier molecular flexibility index (Phi) is 4.74. The fraction of sp³-hybridized carbons (Fsp3) is 0.650. The third-order valence-corrected chi connectivity index (χ3v) is 7.07. The highest BCUT2D eigenvalue weighted by Gasteiger charge is 2.52. The van der Waals surface area contributed by atoms with Crippen molar-refractivity contribution in [2.24, 2.45) is 0 Å². The minimum absolute atomic E-state index is 0.0234. The third-order valence-electron chi connectivity index (χ3n) is 6.61. The van der Waals surface area contributed by atoms with Crippen LogP contribution in [0.4, 0.5) is 0 Å². The van der Waals surface area contributed by atoms with Crippen molar-refractivity contribution in [2.45, 2.75) is 51.9 Å². The van der Waals surface area contributed by atoms with Crippen LogP contribution in [0.3, 0.4) is 0 Å². The van der Waals surface area contributed by atoms with Crippen LogP contribution < -0.4 is 10.2 Å². The van der Waals surface area contributed by atoms with Gasteiger partial charge in [-0.3, -0.25) is 4.79 Å². The second-order valence-corrected chi connectivity index (χ2v) is 9.47. The molecule has 0 aromatic heterocycles. The van der Waals surface area contributed by atoms with Crippen LogP contribution in [0.25, 0.3) is 0 Å². The molecule has 0 unspecified atom stereocenters. The summed E-state index contributed by atoms with van der Waals surface area (Å²) in [5, 5.41) is 0.462. The fourth-order valence-corrected chi connectivity index (χ4v) is 4.28. The van der Waals surface area contributed by atoms with Crippen LogP contribution in [0.5, 0.6) is 5.75 Å². The summed E-state index contributed by atoms with van der Waals surface area (Å²) in [5.74, 6) is 0.437. The van der Waals surface area contributed by atoms with Crippen molar-refractivity contribution >= 4 is 30.1 Å². The fourth-order valence-electron chi connectivity index (χ4n) is 4.01. The lowest BCUT2D eigenvalue weighted by atomic mass is 9.75. The zero-order valence-corrected chi connectivity index (χ0v) is 18.2. The van der Waals surface area contributed by atoms with Gasteiger partial charge in [-0.2, -0.15) is 0 Å². The number of hydrogen-bond acceptors (Lipinski definition) is 5. The Morgan fingerprint density at radius 3 is 2.46 bits per heavy atom. The van der Waals surface area contributed by atoms with Crippen LogP contribution in [0.1, 0.15) is 43.6 Å². The molecular weight excluding hydrogens is 378 g/mol. The number of fused-ring (bicyclic) bond motifs is 2. The molecule has 8 heteroatoms. The minimum atomic E-state index is -0.577. The van der Waals surface area contributed by atoms with Crippen LogP contribution in [0, 0.1) is 6.92 Å². The van der Waals surface area contributed by atoms with E-state index in [0.29, 0.717) is 29.5 Å². The van der Waals surface area contributed by atoms with Crippen molar-refractivity contribution in [3.05, 3.63) is 22.2 Å². The molecule has 6 nitrogen and oxygen atoms in total. The normalized spacial score (nSPS) is 26.5. The topological polar surface area (TPSA) is 51.2 Å². The number of piperazine rings is 1. The highest BCUT2D eigenvalue weighted by molar-refractivity contribution is 6.63. The zero-order valence-electron chi connectivity index (χ0n) is 17.5. The van der Waals surface area contributed by atoms with E-state index in [1.807, 2.05) is 45.6 Å². The first-order chi connectivity index (χ1) is 13.0. The molecule has 3 aliphatic heterocycles. The lowest BCUT2D eigenvalue weighted by molar-refractivity contribution is 0.00578. The van der Waals surface area contributed by atoms with Crippen LogP contribution >= 0.6 is 11.6 Å². The lowest BCUT2D eigenvalue weighted by Gasteiger charge is -2.38. The summed E-state index contributed by atoms with van der Waals surface area (Å²) in [6, 6.07) is 1.87. The van der Waals surface area contributed by atoms with E-state index >= 15 is 0 Å². The van der Waals surface area contributed by atoms with Crippen molar-refractivity contribution in [3.8, 4) is 5.75 Å². The average Bonchev–Trinajstić information content (AvgIpc) is 2.73. The van der Waals surface area contributed by atoms with Gasteiger partial charge in [-0.15, -0.1) is 0 Å². The highest BCUT2D eigenvalue weighted by Crippen LogP contribution is 2.39. The van der Waals surface area contributed by atoms with E-state index in [-0.39, 0.29) is 11.9 Å². The quantitative estimate of drug-likeness (QED) is 0.669. The number of rotatable bonds is 1. The van der Waals surface area contributed by atoms with Crippen molar-refractivity contribution in [3.63, 3.8) is 0 Å². The molecule has 1 amide bonds. The Hall–Kier alpha value is -1.28. The standard InChI is InChI=1S/C20H28BClN2O4/c1-12-15(21-27-19(2,3)20(4,5)28-21)9-14-17(16(12)22)26-11-13-10-23(6)7-8-24(13)18(14)25/h9,13H,7-8,10-11H2,1-6H3/t13-/m0/s1. The molecule has 0 bridgehead atoms. The molecule has 0 radical (unpaired) electrons. The smallest absolute Gasteiger partial charge is 0.489 e. The molecule has 1 atom stereocenters. The number of amides is 1. The highest BCUT2D eigenvalue weighted by atomic mass is 35.5. The van der Waals surface area contributed by atoms with Gasteiger partial charge in [0.25, 0.3) is 5.91 Å². The molecule has 0 spiro atoms. The Morgan fingerprint density at radius 1 is 1.18 bits per heavy atom. The largest absolute Gasteiger partial charge is 0.495 e. The number of ether oxygens (including phenoxy) is 1. The Morgan fingerprint density at radius 2 is 1.82 bits per heavy atom. The van der Waals surface area contributed by atoms with Crippen LogP contribution in [0.15, 0.2) is 6.07 Å². The molecule has 4 rings (SSSR count). The van der Waals surface area contributed by atoms with Crippen LogP contribution in [0.2, 0.25) is 5.02 Å². The van der Waals surface area contributed by atoms with E-state index < -0.39 is 18.3 Å². The summed E-state index contributed by atoms with van der Waals surface area (Å²) >= 11 is 6.68. The Bertz CT molecular complexity index is 813. The first kappa shape index (κ1) is 20.0. The Labute approximate surface area is 172 Å². The molecule has 2 saturated heterocycles. The second-order valence-electron chi connectivity index (χ2n) is 9.10. The maximum absolute atomic E-state index is 13.4. The first-order valence-electron chi connectivity index (χ1n) is 9.83. The van der Waals surface area contributed by atoms with Gasteiger partial charge in [0.1, 0.15) is 6.61 Å². The monoisotopic (exact) mass is 406 g/mol. The predicted molar refractivity (Wildman–Crippen MR) is 110 cm³/mol. The summed E-state index contributed by atoms with van der Waals surface area (Å²) in [5.41, 5.74) is 1.17. The van der Waals surface area contributed by atoms with Gasteiger partial charge < -0.3 is 23.8 Å². The third kappa shape index (κ3) is 3.03. The molecule has 2 fully saturated rings. The van der Waals surface area contributed by atoms with E-state index in [0.717, 1.165) is 24.1 Å². The molecule has 3 heterocycles. The SMILES string of the molecule is Cc1c(B2OC(C)(C)C(C)(C)O2)cc2c(c1Cl)OC[C@@H]1CN(C)CCN1C2=O. The maximum Gasteiger partial charge on any atom is 0.495 e. The number of benzene rings is 1. The number of likely N-dealkylation sites (N-methyl/N-ethyl adjacent to an activating group) is 1. The first-order valence-corrected chi connectivity index (χ1v) is 10.2. The maximum atomic E-state index is 13.4. The summed E-state index contributed by atoms with van der Waals surface area (Å²) in [6.45, 7) is 12.7. The predicted octanol–water partition coefficient (Wildman–Crippen LogP) is 2.10. The molecule has 28 heavy (non-hydrogen) atoms. The number of carbonyl (C=O) groups excluding carboxylic acids is 1.